The molecule has 0 radical (unpaired) electrons. The van der Waals surface area contributed by atoms with Crippen molar-refractivity contribution in [1.29, 1.82) is 5.26 Å². The second-order valence-electron chi connectivity index (χ2n) is 2.81. The molecule has 0 saturated carbocycles. The van der Waals surface area contributed by atoms with Crippen molar-refractivity contribution in [2.24, 2.45) is 0 Å². The molecule has 1 unspecified atom stereocenters. The Kier molecular flexibility index (Phi) is 3.66. The van der Waals surface area contributed by atoms with E-state index in [1.54, 1.807) is 0 Å². The largest absolute Gasteiger partial charge is 0.258 e. The highest BCUT2D eigenvalue weighted by Gasteiger charge is 2.02. The van der Waals surface area contributed by atoms with E-state index < -0.39 is 10.8 Å². The molecule has 1 atom stereocenters. The first-order valence-corrected chi connectivity index (χ1v) is 5.49. The van der Waals surface area contributed by atoms with Crippen molar-refractivity contribution in [2.45, 2.75) is 12.7 Å². The van der Waals surface area contributed by atoms with Gasteiger partial charge in [-0.3, -0.25) is 4.21 Å². The lowest BCUT2D eigenvalue weighted by molar-refractivity contribution is 0.684. The van der Waals surface area contributed by atoms with Crippen molar-refractivity contribution in [1.82, 2.24) is 0 Å². The van der Waals surface area contributed by atoms with Gasteiger partial charge in [0.1, 0.15) is 5.75 Å². The summed E-state index contributed by atoms with van der Waals surface area (Å²) in [7, 11) is -1.04. The number of hydrogen-bond donors (Lipinski definition) is 0. The summed E-state index contributed by atoms with van der Waals surface area (Å²) >= 11 is 0. The van der Waals surface area contributed by atoms with Crippen molar-refractivity contribution in [2.75, 3.05) is 5.75 Å². The number of nitriles is 1. The Morgan fingerprint density at radius 3 is 2.77 bits per heavy atom. The molecule has 0 N–H and O–H groups in total. The first-order chi connectivity index (χ1) is 6.24. The minimum absolute atomic E-state index is 0.119. The first-order valence-electron chi connectivity index (χ1n) is 4.00. The van der Waals surface area contributed by atoms with E-state index in [1.165, 1.54) is 0 Å². The van der Waals surface area contributed by atoms with E-state index in [0.29, 0.717) is 5.75 Å². The molecule has 0 spiro atoms. The molecule has 0 aliphatic heterocycles. The summed E-state index contributed by atoms with van der Waals surface area (Å²) in [6, 6.07) is 9.71. The molecule has 2 nitrogen and oxygen atoms in total. The van der Waals surface area contributed by atoms with Crippen molar-refractivity contribution in [3.8, 4) is 6.07 Å². The molecule has 0 heterocycles. The lowest BCUT2D eigenvalue weighted by atomic mass is 10.1. The van der Waals surface area contributed by atoms with Crippen LogP contribution < -0.4 is 0 Å². The normalized spacial score (nSPS) is 12.0. The molecule has 0 aliphatic carbocycles. The maximum absolute atomic E-state index is 11.3. The summed E-state index contributed by atoms with van der Waals surface area (Å²) in [6.45, 7) is 1.99. The van der Waals surface area contributed by atoms with Crippen molar-refractivity contribution in [3.05, 3.63) is 35.4 Å². The third kappa shape index (κ3) is 3.00. The van der Waals surface area contributed by atoms with Gasteiger partial charge in [0, 0.05) is 16.6 Å². The quantitative estimate of drug-likeness (QED) is 0.734. The van der Waals surface area contributed by atoms with Crippen molar-refractivity contribution < 1.29 is 4.21 Å². The van der Waals surface area contributed by atoms with Gasteiger partial charge in [-0.1, -0.05) is 24.3 Å². The smallest absolute Gasteiger partial charge is 0.111 e. The first kappa shape index (κ1) is 9.94. The van der Waals surface area contributed by atoms with E-state index in [1.807, 2.05) is 37.3 Å². The standard InChI is InChI=1S/C10H11NOS/c1-9-4-2-3-5-10(9)8-13(12)7-6-11/h2-5H,7-8H2,1H3. The van der Waals surface area contributed by atoms with Gasteiger partial charge in [0.2, 0.25) is 0 Å². The zero-order valence-electron chi connectivity index (χ0n) is 7.49. The maximum atomic E-state index is 11.3. The molecular weight excluding hydrogens is 182 g/mol. The van der Waals surface area contributed by atoms with Gasteiger partial charge in [0.15, 0.2) is 0 Å². The zero-order chi connectivity index (χ0) is 9.68. The average molecular weight is 193 g/mol. The summed E-state index contributed by atoms with van der Waals surface area (Å²) < 4.78 is 11.3. The van der Waals surface area contributed by atoms with Gasteiger partial charge in [-0.2, -0.15) is 5.26 Å². The highest BCUT2D eigenvalue weighted by molar-refractivity contribution is 7.84. The SMILES string of the molecule is Cc1ccccc1CS(=O)CC#N. The molecule has 0 saturated heterocycles. The third-order valence-electron chi connectivity index (χ3n) is 1.80. The van der Waals surface area contributed by atoms with E-state index in [9.17, 15) is 4.21 Å². The fourth-order valence-electron chi connectivity index (χ4n) is 1.07. The predicted octanol–water partition coefficient (Wildman–Crippen LogP) is 1.77. The summed E-state index contributed by atoms with van der Waals surface area (Å²) in [6.07, 6.45) is 0. The monoisotopic (exact) mass is 193 g/mol. The number of benzene rings is 1. The minimum atomic E-state index is -1.04. The average Bonchev–Trinajstić information content (AvgIpc) is 2.09. The number of nitrogens with zero attached hydrogens (tertiary/aromatic N) is 1. The van der Waals surface area contributed by atoms with E-state index in [0.717, 1.165) is 11.1 Å². The van der Waals surface area contributed by atoms with Crippen LogP contribution in [0.15, 0.2) is 24.3 Å². The van der Waals surface area contributed by atoms with Crippen LogP contribution in [0.1, 0.15) is 11.1 Å². The molecule has 0 fully saturated rings. The molecule has 3 heteroatoms. The molecular formula is C10H11NOS. The van der Waals surface area contributed by atoms with Crippen LogP contribution in [0.4, 0.5) is 0 Å². The Bertz CT molecular complexity index is 354. The van der Waals surface area contributed by atoms with Gasteiger partial charge < -0.3 is 0 Å². The lowest BCUT2D eigenvalue weighted by Crippen LogP contribution is -2.00. The van der Waals surface area contributed by atoms with Crippen LogP contribution in [-0.4, -0.2) is 9.96 Å². The molecule has 68 valence electrons. The van der Waals surface area contributed by atoms with Gasteiger partial charge in [-0.15, -0.1) is 0 Å². The summed E-state index contributed by atoms with van der Waals surface area (Å²) in [5.74, 6) is 0.606. The van der Waals surface area contributed by atoms with E-state index in [4.69, 9.17) is 5.26 Å². The molecule has 13 heavy (non-hydrogen) atoms. The Hall–Kier alpha value is -1.14. The molecule has 1 rings (SSSR count). The van der Waals surface area contributed by atoms with Crippen LogP contribution in [0.25, 0.3) is 0 Å². The van der Waals surface area contributed by atoms with Crippen LogP contribution >= 0.6 is 0 Å². The van der Waals surface area contributed by atoms with Gasteiger partial charge in [0.25, 0.3) is 0 Å². The van der Waals surface area contributed by atoms with Crippen molar-refractivity contribution in [3.63, 3.8) is 0 Å². The molecule has 1 aromatic carbocycles. The van der Waals surface area contributed by atoms with Gasteiger partial charge >= 0.3 is 0 Å². The van der Waals surface area contributed by atoms with Crippen LogP contribution in [0.3, 0.4) is 0 Å². The topological polar surface area (TPSA) is 40.9 Å². The van der Waals surface area contributed by atoms with Crippen molar-refractivity contribution >= 4 is 10.8 Å². The van der Waals surface area contributed by atoms with Crippen LogP contribution in [0.5, 0.6) is 0 Å². The second kappa shape index (κ2) is 4.78. The molecule has 0 amide bonds. The Morgan fingerprint density at radius 2 is 2.15 bits per heavy atom. The van der Waals surface area contributed by atoms with Crippen LogP contribution in [-0.2, 0) is 16.6 Å². The van der Waals surface area contributed by atoms with E-state index in [-0.39, 0.29) is 5.75 Å². The summed E-state index contributed by atoms with van der Waals surface area (Å²) in [4.78, 5) is 0. The second-order valence-corrected chi connectivity index (χ2v) is 4.27. The summed E-state index contributed by atoms with van der Waals surface area (Å²) in [5, 5.41) is 8.34. The maximum Gasteiger partial charge on any atom is 0.111 e. The highest BCUT2D eigenvalue weighted by atomic mass is 32.2. The molecule has 0 aromatic heterocycles. The van der Waals surface area contributed by atoms with Crippen LogP contribution in [0, 0.1) is 18.3 Å². The summed E-state index contributed by atoms with van der Waals surface area (Å²) in [5.41, 5.74) is 2.20. The Balaban J connectivity index is 2.70. The van der Waals surface area contributed by atoms with Gasteiger partial charge in [-0.25, -0.2) is 0 Å². The zero-order valence-corrected chi connectivity index (χ0v) is 8.30. The fourth-order valence-corrected chi connectivity index (χ4v) is 1.99. The van der Waals surface area contributed by atoms with Gasteiger partial charge in [-0.05, 0) is 18.1 Å². The molecule has 1 aromatic rings. The minimum Gasteiger partial charge on any atom is -0.258 e. The van der Waals surface area contributed by atoms with Crippen LogP contribution in [0.2, 0.25) is 0 Å². The third-order valence-corrected chi connectivity index (χ3v) is 2.89. The van der Waals surface area contributed by atoms with E-state index in [2.05, 4.69) is 0 Å². The van der Waals surface area contributed by atoms with Gasteiger partial charge in [0.05, 0.1) is 6.07 Å². The Morgan fingerprint density at radius 1 is 1.46 bits per heavy atom. The molecule has 0 bridgehead atoms. The predicted molar refractivity (Wildman–Crippen MR) is 53.5 cm³/mol. The Labute approximate surface area is 80.7 Å². The lowest BCUT2D eigenvalue weighted by Gasteiger charge is -2.02. The number of hydrogen-bond acceptors (Lipinski definition) is 2. The highest BCUT2D eigenvalue weighted by Crippen LogP contribution is 2.09. The molecule has 0 aliphatic rings. The fraction of sp³-hybridized carbons (Fsp3) is 0.300. The number of rotatable bonds is 3. The van der Waals surface area contributed by atoms with E-state index >= 15 is 0 Å². The number of aryl methyl sites for hydroxylation is 1.